The molecule has 0 bridgehead atoms. The van der Waals surface area contributed by atoms with E-state index in [2.05, 4.69) is 21.1 Å². The smallest absolute Gasteiger partial charge is 0.292 e. The van der Waals surface area contributed by atoms with Crippen LogP contribution in [0.4, 0.5) is 5.69 Å². The molecule has 0 saturated heterocycles. The number of nitro groups is 1. The molecule has 24 heavy (non-hydrogen) atoms. The zero-order chi connectivity index (χ0) is 16.0. The van der Waals surface area contributed by atoms with Gasteiger partial charge >= 0.3 is 0 Å². The average molecular weight is 340 g/mol. The maximum Gasteiger partial charge on any atom is 0.292 e. The summed E-state index contributed by atoms with van der Waals surface area (Å²) in [7, 11) is 0. The lowest BCUT2D eigenvalue weighted by Gasteiger charge is -1.98. The van der Waals surface area contributed by atoms with Gasteiger partial charge in [0.15, 0.2) is 11.0 Å². The number of para-hydroxylation sites is 2. The monoisotopic (exact) mass is 339 g/mol. The van der Waals surface area contributed by atoms with E-state index in [-0.39, 0.29) is 23.0 Å². The van der Waals surface area contributed by atoms with Gasteiger partial charge in [-0.2, -0.15) is 8.97 Å². The molecule has 120 valence electrons. The second kappa shape index (κ2) is 5.94. The summed E-state index contributed by atoms with van der Waals surface area (Å²) >= 11 is 0. The Hall–Kier alpha value is -2.92. The zero-order valence-corrected chi connectivity index (χ0v) is 13.6. The predicted octanol–water partition coefficient (Wildman–Crippen LogP) is 0.936. The Bertz CT molecular complexity index is 1120. The number of halogens is 1. The van der Waals surface area contributed by atoms with Crippen LogP contribution in [0.5, 0.6) is 0 Å². The first kappa shape index (κ1) is 16.0. The Morgan fingerprint density at radius 3 is 2.62 bits per heavy atom. The summed E-state index contributed by atoms with van der Waals surface area (Å²) in [5.41, 5.74) is 4.24. The fourth-order valence-corrected chi connectivity index (χ4v) is 3.08. The Labute approximate surface area is 144 Å². The molecule has 0 aliphatic carbocycles. The minimum Gasteiger partial charge on any atom is -1.00 e. The van der Waals surface area contributed by atoms with Gasteiger partial charge in [0.2, 0.25) is 0 Å². The molecule has 0 fully saturated rings. The van der Waals surface area contributed by atoms with E-state index in [9.17, 15) is 10.1 Å². The maximum absolute atomic E-state index is 11.0. The molecule has 0 radical (unpaired) electrons. The van der Waals surface area contributed by atoms with E-state index in [4.69, 9.17) is 0 Å². The van der Waals surface area contributed by atoms with Crippen molar-refractivity contribution in [1.29, 1.82) is 0 Å². The molecule has 2 aromatic heterocycles. The Morgan fingerprint density at radius 1 is 1.08 bits per heavy atom. The van der Waals surface area contributed by atoms with Crippen molar-refractivity contribution in [3.63, 3.8) is 0 Å². The molecule has 6 heteroatoms. The third-order valence-electron chi connectivity index (χ3n) is 4.03. The van der Waals surface area contributed by atoms with Gasteiger partial charge in [0.1, 0.15) is 5.52 Å². The minimum absolute atomic E-state index is 0. The van der Waals surface area contributed by atoms with Gasteiger partial charge in [-0.1, -0.05) is 12.1 Å². The molecular weight excluding hydrogens is 326 g/mol. The number of imidazole rings is 1. The van der Waals surface area contributed by atoms with Crippen LogP contribution in [-0.2, 0) is 0 Å². The van der Waals surface area contributed by atoms with Crippen molar-refractivity contribution >= 4 is 39.5 Å². The fraction of sp³-hybridized carbons (Fsp3) is 0.0556. The number of nitrogens with zero attached hydrogens (tertiary/aromatic N) is 3. The number of nitro benzene ring substituents is 1. The Balaban J connectivity index is 0.00000169. The van der Waals surface area contributed by atoms with Gasteiger partial charge in [-0.3, -0.25) is 10.1 Å². The van der Waals surface area contributed by atoms with Crippen molar-refractivity contribution in [2.75, 3.05) is 0 Å². The van der Waals surface area contributed by atoms with E-state index in [1.807, 2.05) is 49.5 Å². The van der Waals surface area contributed by atoms with Crippen LogP contribution in [0.3, 0.4) is 0 Å². The van der Waals surface area contributed by atoms with Crippen molar-refractivity contribution in [2.45, 2.75) is 6.92 Å². The van der Waals surface area contributed by atoms with Gasteiger partial charge in [-0.05, 0) is 37.3 Å². The summed E-state index contributed by atoms with van der Waals surface area (Å²) < 4.78 is 4.25. The van der Waals surface area contributed by atoms with Gasteiger partial charge in [-0.15, -0.1) is 0 Å². The van der Waals surface area contributed by atoms with Gasteiger partial charge < -0.3 is 12.4 Å². The van der Waals surface area contributed by atoms with Crippen LogP contribution in [0, 0.1) is 10.1 Å². The summed E-state index contributed by atoms with van der Waals surface area (Å²) in [5.74, 6) is 0. The SMILES string of the molecule is CC=C[n+]1c2ccccc2n2c3ccc([N+](=O)[O-])cc3ccc21.[Cl-]. The molecule has 0 unspecified atom stereocenters. The van der Waals surface area contributed by atoms with Gasteiger partial charge in [-0.25, -0.2) is 0 Å². The highest BCUT2D eigenvalue weighted by Gasteiger charge is 2.20. The molecule has 0 aliphatic heterocycles. The van der Waals surface area contributed by atoms with Crippen LogP contribution < -0.4 is 17.0 Å². The molecule has 0 atom stereocenters. The zero-order valence-electron chi connectivity index (χ0n) is 12.9. The molecule has 2 aromatic carbocycles. The average Bonchev–Trinajstić information content (AvgIpc) is 2.89. The largest absolute Gasteiger partial charge is 1.00 e. The van der Waals surface area contributed by atoms with E-state index >= 15 is 0 Å². The molecule has 5 nitrogen and oxygen atoms in total. The molecular formula is C18H14ClN3O2. The van der Waals surface area contributed by atoms with E-state index in [0.29, 0.717) is 0 Å². The number of fused-ring (bicyclic) bond motifs is 5. The van der Waals surface area contributed by atoms with Crippen molar-refractivity contribution in [3.05, 3.63) is 70.8 Å². The van der Waals surface area contributed by atoms with Crippen molar-refractivity contribution in [2.24, 2.45) is 0 Å². The fourth-order valence-electron chi connectivity index (χ4n) is 3.08. The third kappa shape index (κ3) is 2.21. The van der Waals surface area contributed by atoms with Crippen LogP contribution in [-0.4, -0.2) is 9.32 Å². The van der Waals surface area contributed by atoms with Crippen LogP contribution >= 0.6 is 0 Å². The number of allylic oxidation sites excluding steroid dienone is 1. The summed E-state index contributed by atoms with van der Waals surface area (Å²) in [6, 6.07) is 17.0. The van der Waals surface area contributed by atoms with Crippen molar-refractivity contribution < 1.29 is 21.9 Å². The number of hydrogen-bond acceptors (Lipinski definition) is 2. The number of hydrogen-bond donors (Lipinski definition) is 0. The first-order valence-corrected chi connectivity index (χ1v) is 7.35. The quantitative estimate of drug-likeness (QED) is 0.310. The van der Waals surface area contributed by atoms with E-state index in [1.165, 1.54) is 0 Å². The number of pyridine rings is 1. The van der Waals surface area contributed by atoms with E-state index in [1.54, 1.807) is 12.1 Å². The highest BCUT2D eigenvalue weighted by molar-refractivity contribution is 5.89. The first-order valence-electron chi connectivity index (χ1n) is 7.35. The Morgan fingerprint density at radius 2 is 1.88 bits per heavy atom. The van der Waals surface area contributed by atoms with Crippen molar-refractivity contribution in [1.82, 2.24) is 4.40 Å². The molecule has 0 aliphatic rings. The molecule has 0 amide bonds. The van der Waals surface area contributed by atoms with Gasteiger partial charge in [0.05, 0.1) is 11.1 Å². The second-order valence-corrected chi connectivity index (χ2v) is 5.37. The molecule has 0 saturated carbocycles. The Kier molecular flexibility index (Phi) is 3.95. The molecule has 0 spiro atoms. The lowest BCUT2D eigenvalue weighted by atomic mass is 10.2. The molecule has 4 rings (SSSR count). The normalized spacial score (nSPS) is 11.4. The number of rotatable bonds is 2. The van der Waals surface area contributed by atoms with Crippen LogP contribution in [0.1, 0.15) is 6.92 Å². The van der Waals surface area contributed by atoms with Crippen molar-refractivity contribution in [3.8, 4) is 0 Å². The second-order valence-electron chi connectivity index (χ2n) is 5.37. The molecule has 4 aromatic rings. The highest BCUT2D eigenvalue weighted by atomic mass is 35.5. The standard InChI is InChI=1S/C18H14N3O2.ClH/c1-2-11-19-16-5-3-4-6-17(16)20-15-9-8-14(21(22)23)12-13(15)7-10-18(19)20;/h2-12H,1H3;1H/q+1;/p-1. The number of aromatic nitrogens is 2. The summed E-state index contributed by atoms with van der Waals surface area (Å²) in [5, 5.41) is 11.8. The van der Waals surface area contributed by atoms with Gasteiger partial charge in [0.25, 0.3) is 11.3 Å². The maximum atomic E-state index is 11.0. The topological polar surface area (TPSA) is 51.4 Å². The first-order chi connectivity index (χ1) is 11.2. The predicted molar refractivity (Wildman–Crippen MR) is 90.3 cm³/mol. The minimum atomic E-state index is -0.364. The summed E-state index contributed by atoms with van der Waals surface area (Å²) in [6.07, 6.45) is 4.02. The summed E-state index contributed by atoms with van der Waals surface area (Å²) in [6.45, 7) is 1.98. The van der Waals surface area contributed by atoms with Crippen LogP contribution in [0.2, 0.25) is 0 Å². The highest BCUT2D eigenvalue weighted by Crippen LogP contribution is 2.25. The lowest BCUT2D eigenvalue weighted by Crippen LogP contribution is -3.00. The van der Waals surface area contributed by atoms with Crippen LogP contribution in [0.25, 0.3) is 33.8 Å². The number of benzene rings is 2. The lowest BCUT2D eigenvalue weighted by molar-refractivity contribution is -0.509. The number of non-ortho nitro benzene ring substituents is 1. The summed E-state index contributed by atoms with van der Waals surface area (Å²) in [4.78, 5) is 10.6. The molecule has 2 heterocycles. The van der Waals surface area contributed by atoms with E-state index in [0.717, 1.165) is 27.6 Å². The van der Waals surface area contributed by atoms with Gasteiger partial charge in [0, 0.05) is 23.6 Å². The molecule has 0 N–H and O–H groups in total. The third-order valence-corrected chi connectivity index (χ3v) is 4.03. The van der Waals surface area contributed by atoms with E-state index < -0.39 is 0 Å². The van der Waals surface area contributed by atoms with Crippen LogP contribution in [0.15, 0.2) is 60.7 Å².